The highest BCUT2D eigenvalue weighted by molar-refractivity contribution is 5.79. The molecule has 0 atom stereocenters. The molecule has 22 heavy (non-hydrogen) atoms. The van der Waals surface area contributed by atoms with Gasteiger partial charge < -0.3 is 15.0 Å². The number of carbonyl (C=O) groups is 1. The van der Waals surface area contributed by atoms with Crippen LogP contribution in [0.25, 0.3) is 0 Å². The van der Waals surface area contributed by atoms with Crippen LogP contribution < -0.4 is 5.32 Å². The van der Waals surface area contributed by atoms with E-state index in [0.29, 0.717) is 6.42 Å². The average molecular weight is 311 g/mol. The van der Waals surface area contributed by atoms with Crippen LogP contribution in [0, 0.1) is 0 Å². The number of nitrogens with zero attached hydrogens (tertiary/aromatic N) is 2. The Morgan fingerprint density at radius 3 is 2.59 bits per heavy atom. The second kappa shape index (κ2) is 14.4. The molecule has 0 aliphatic carbocycles. The smallest absolute Gasteiger partial charge is 0.305 e. The number of hydrogen-bond acceptors (Lipinski definition) is 3. The van der Waals surface area contributed by atoms with Gasteiger partial charge in [-0.2, -0.15) is 0 Å². The summed E-state index contributed by atoms with van der Waals surface area (Å²) < 4.78 is 4.62. The van der Waals surface area contributed by atoms with Gasteiger partial charge in [0.2, 0.25) is 0 Å². The molecule has 0 amide bonds. The van der Waals surface area contributed by atoms with Crippen molar-refractivity contribution in [1.29, 1.82) is 0 Å². The molecule has 5 nitrogen and oxygen atoms in total. The van der Waals surface area contributed by atoms with E-state index in [1.165, 1.54) is 26.4 Å². The first-order valence-corrected chi connectivity index (χ1v) is 8.25. The van der Waals surface area contributed by atoms with Crippen LogP contribution >= 0.6 is 0 Å². The summed E-state index contributed by atoms with van der Waals surface area (Å²) in [6.07, 6.45) is 10.1. The van der Waals surface area contributed by atoms with Gasteiger partial charge in [-0.05, 0) is 32.1 Å². The van der Waals surface area contributed by atoms with E-state index in [1.807, 2.05) is 13.1 Å². The Balaban J connectivity index is 3.68. The van der Waals surface area contributed by atoms with Gasteiger partial charge >= 0.3 is 5.97 Å². The molecule has 0 heterocycles. The highest BCUT2D eigenvalue weighted by Crippen LogP contribution is 2.02. The highest BCUT2D eigenvalue weighted by Gasteiger charge is 2.05. The van der Waals surface area contributed by atoms with E-state index in [0.717, 1.165) is 44.7 Å². The topological polar surface area (TPSA) is 53.9 Å². The molecule has 5 heteroatoms. The maximum Gasteiger partial charge on any atom is 0.305 e. The van der Waals surface area contributed by atoms with Crippen LogP contribution in [0.5, 0.6) is 0 Å². The van der Waals surface area contributed by atoms with Crippen LogP contribution in [0.4, 0.5) is 0 Å². The average Bonchev–Trinajstić information content (AvgIpc) is 2.53. The minimum absolute atomic E-state index is 0.125. The van der Waals surface area contributed by atoms with Crippen LogP contribution in [0.1, 0.15) is 51.4 Å². The van der Waals surface area contributed by atoms with Gasteiger partial charge in [-0.15, -0.1) is 6.58 Å². The third kappa shape index (κ3) is 11.2. The molecule has 0 saturated heterocycles. The molecule has 1 N–H and O–H groups in total. The summed E-state index contributed by atoms with van der Waals surface area (Å²) in [5, 5.41) is 3.37. The summed E-state index contributed by atoms with van der Waals surface area (Å²) in [6, 6.07) is 0. The SMILES string of the molecule is C=CCCCCCN(C)C(=NC)NCCCCCC(=O)OC. The second-order valence-corrected chi connectivity index (χ2v) is 5.42. The summed E-state index contributed by atoms with van der Waals surface area (Å²) in [4.78, 5) is 17.5. The highest BCUT2D eigenvalue weighted by atomic mass is 16.5. The van der Waals surface area contributed by atoms with Gasteiger partial charge in [0, 0.05) is 33.6 Å². The number of aliphatic imine (C=N–C) groups is 1. The van der Waals surface area contributed by atoms with Crippen molar-refractivity contribution in [2.24, 2.45) is 4.99 Å². The quantitative estimate of drug-likeness (QED) is 0.198. The van der Waals surface area contributed by atoms with E-state index >= 15 is 0 Å². The Hall–Kier alpha value is -1.52. The maximum absolute atomic E-state index is 11.0. The minimum atomic E-state index is -0.125. The molecule has 0 unspecified atom stereocenters. The summed E-state index contributed by atoms with van der Waals surface area (Å²) in [5.74, 6) is 0.816. The standard InChI is InChI=1S/C17H33N3O2/c1-5-6-7-8-12-15-20(3)17(18-2)19-14-11-9-10-13-16(21)22-4/h5H,1,6-15H2,2-4H3,(H,18,19). The fourth-order valence-corrected chi connectivity index (χ4v) is 2.18. The van der Waals surface area contributed by atoms with Crippen LogP contribution in [-0.4, -0.2) is 51.1 Å². The molecule has 0 bridgehead atoms. The first kappa shape index (κ1) is 20.5. The summed E-state index contributed by atoms with van der Waals surface area (Å²) in [7, 11) is 5.31. The lowest BCUT2D eigenvalue weighted by molar-refractivity contribution is -0.140. The number of carbonyl (C=O) groups excluding carboxylic acids is 1. The summed E-state index contributed by atoms with van der Waals surface area (Å²) in [6.45, 7) is 5.64. The molecular weight excluding hydrogens is 278 g/mol. The van der Waals surface area contributed by atoms with Gasteiger partial charge in [-0.25, -0.2) is 0 Å². The number of guanidine groups is 1. The number of rotatable bonds is 12. The zero-order valence-corrected chi connectivity index (χ0v) is 14.6. The van der Waals surface area contributed by atoms with Gasteiger partial charge in [0.15, 0.2) is 5.96 Å². The number of nitrogens with one attached hydrogen (secondary N) is 1. The number of ether oxygens (including phenoxy) is 1. The predicted molar refractivity (Wildman–Crippen MR) is 93.1 cm³/mol. The largest absolute Gasteiger partial charge is 0.469 e. The number of hydrogen-bond donors (Lipinski definition) is 1. The first-order chi connectivity index (χ1) is 10.7. The number of allylic oxidation sites excluding steroid dienone is 1. The fraction of sp³-hybridized carbons (Fsp3) is 0.765. The number of esters is 1. The van der Waals surface area contributed by atoms with Crippen molar-refractivity contribution in [1.82, 2.24) is 10.2 Å². The van der Waals surface area contributed by atoms with E-state index in [4.69, 9.17) is 0 Å². The number of unbranched alkanes of at least 4 members (excludes halogenated alkanes) is 5. The van der Waals surface area contributed by atoms with Crippen molar-refractivity contribution in [3.05, 3.63) is 12.7 Å². The molecule has 0 aliphatic heterocycles. The van der Waals surface area contributed by atoms with E-state index in [-0.39, 0.29) is 5.97 Å². The maximum atomic E-state index is 11.0. The van der Waals surface area contributed by atoms with Gasteiger partial charge in [0.05, 0.1) is 7.11 Å². The Bertz CT molecular complexity index is 330. The predicted octanol–water partition coefficient (Wildman–Crippen LogP) is 2.97. The lowest BCUT2D eigenvalue weighted by Gasteiger charge is -2.22. The zero-order valence-electron chi connectivity index (χ0n) is 14.6. The van der Waals surface area contributed by atoms with Crippen LogP contribution in [0.15, 0.2) is 17.6 Å². The fourth-order valence-electron chi connectivity index (χ4n) is 2.18. The molecule has 0 aliphatic rings. The van der Waals surface area contributed by atoms with Crippen LogP contribution in [0.2, 0.25) is 0 Å². The molecule has 0 spiro atoms. The molecule has 0 aromatic heterocycles. The van der Waals surface area contributed by atoms with Crippen LogP contribution in [-0.2, 0) is 9.53 Å². The van der Waals surface area contributed by atoms with E-state index in [9.17, 15) is 4.79 Å². The lowest BCUT2D eigenvalue weighted by atomic mass is 10.2. The summed E-state index contributed by atoms with van der Waals surface area (Å²) >= 11 is 0. The molecule has 0 radical (unpaired) electrons. The molecular formula is C17H33N3O2. The molecule has 0 aromatic carbocycles. The normalized spacial score (nSPS) is 11.1. The lowest BCUT2D eigenvalue weighted by Crippen LogP contribution is -2.39. The number of methoxy groups -OCH3 is 1. The van der Waals surface area contributed by atoms with E-state index in [2.05, 4.69) is 33.6 Å². The molecule has 0 saturated carbocycles. The third-order valence-corrected chi connectivity index (χ3v) is 3.54. The molecule has 128 valence electrons. The van der Waals surface area contributed by atoms with Crippen molar-refractivity contribution in [3.63, 3.8) is 0 Å². The minimum Gasteiger partial charge on any atom is -0.469 e. The van der Waals surface area contributed by atoms with Crippen molar-refractivity contribution >= 4 is 11.9 Å². The Morgan fingerprint density at radius 2 is 1.95 bits per heavy atom. The van der Waals surface area contributed by atoms with Gasteiger partial charge in [0.25, 0.3) is 0 Å². The zero-order chi connectivity index (χ0) is 16.6. The monoisotopic (exact) mass is 311 g/mol. The van der Waals surface area contributed by atoms with Gasteiger partial charge in [-0.1, -0.05) is 18.9 Å². The van der Waals surface area contributed by atoms with Crippen molar-refractivity contribution < 1.29 is 9.53 Å². The van der Waals surface area contributed by atoms with E-state index in [1.54, 1.807) is 0 Å². The summed E-state index contributed by atoms with van der Waals surface area (Å²) in [5.41, 5.74) is 0. The first-order valence-electron chi connectivity index (χ1n) is 8.25. The Morgan fingerprint density at radius 1 is 1.23 bits per heavy atom. The molecule has 0 aromatic rings. The van der Waals surface area contributed by atoms with Crippen molar-refractivity contribution in [2.45, 2.75) is 51.4 Å². The molecule has 0 fully saturated rings. The van der Waals surface area contributed by atoms with E-state index < -0.39 is 0 Å². The van der Waals surface area contributed by atoms with Crippen molar-refractivity contribution in [2.75, 3.05) is 34.3 Å². The Kier molecular flexibility index (Phi) is 13.4. The van der Waals surface area contributed by atoms with Crippen LogP contribution in [0.3, 0.4) is 0 Å². The van der Waals surface area contributed by atoms with Gasteiger partial charge in [0.1, 0.15) is 0 Å². The van der Waals surface area contributed by atoms with Gasteiger partial charge in [-0.3, -0.25) is 9.79 Å². The second-order valence-electron chi connectivity index (χ2n) is 5.42. The third-order valence-electron chi connectivity index (χ3n) is 3.54. The molecule has 0 rings (SSSR count). The Labute approximate surface area is 135 Å². The van der Waals surface area contributed by atoms with Crippen molar-refractivity contribution in [3.8, 4) is 0 Å².